The van der Waals surface area contributed by atoms with Crippen molar-refractivity contribution in [3.8, 4) is 5.88 Å². The second kappa shape index (κ2) is 5.39. The van der Waals surface area contributed by atoms with Gasteiger partial charge in [-0.05, 0) is 13.0 Å². The Bertz CT molecular complexity index is 382. The molecule has 0 spiro atoms. The average molecular weight is 231 g/mol. The van der Waals surface area contributed by atoms with E-state index in [4.69, 9.17) is 9.47 Å². The highest BCUT2D eigenvalue weighted by atomic mass is 19.3. The number of ether oxygens (including phenoxy) is 2. The molecule has 16 heavy (non-hydrogen) atoms. The first-order chi connectivity index (χ1) is 7.60. The van der Waals surface area contributed by atoms with E-state index in [-0.39, 0.29) is 23.6 Å². The molecule has 1 aromatic heterocycles. The molecule has 1 rings (SSSR count). The fraction of sp³-hybridized carbons (Fsp3) is 0.400. The second-order valence-corrected chi connectivity index (χ2v) is 2.85. The number of halogens is 2. The average Bonchev–Trinajstić information content (AvgIpc) is 2.28. The fourth-order valence-electron chi connectivity index (χ4n) is 1.11. The Morgan fingerprint density at radius 2 is 2.25 bits per heavy atom. The van der Waals surface area contributed by atoms with Crippen LogP contribution in [0.2, 0.25) is 0 Å². The van der Waals surface area contributed by atoms with Crippen LogP contribution in [0.1, 0.15) is 29.3 Å². The third-order valence-electron chi connectivity index (χ3n) is 1.81. The minimum absolute atomic E-state index is 0.0251. The molecular weight excluding hydrogens is 220 g/mol. The van der Waals surface area contributed by atoms with E-state index in [1.165, 1.54) is 7.11 Å². The van der Waals surface area contributed by atoms with E-state index in [9.17, 15) is 13.6 Å². The number of nitrogens with zero attached hydrogens (tertiary/aromatic N) is 1. The molecule has 0 saturated carbocycles. The molecule has 0 saturated heterocycles. The number of aromatic nitrogens is 1. The Hall–Kier alpha value is -1.72. The highest BCUT2D eigenvalue weighted by Gasteiger charge is 2.18. The van der Waals surface area contributed by atoms with Gasteiger partial charge in [-0.25, -0.2) is 18.6 Å². The number of hydrogen-bond donors (Lipinski definition) is 0. The predicted molar refractivity (Wildman–Crippen MR) is 51.7 cm³/mol. The summed E-state index contributed by atoms with van der Waals surface area (Å²) in [6, 6.07) is 1.02. The largest absolute Gasteiger partial charge is 0.480 e. The Kier molecular flexibility index (Phi) is 4.16. The van der Waals surface area contributed by atoms with Gasteiger partial charge in [0.25, 0.3) is 6.43 Å². The van der Waals surface area contributed by atoms with Gasteiger partial charge in [-0.2, -0.15) is 0 Å². The van der Waals surface area contributed by atoms with E-state index in [1.54, 1.807) is 6.92 Å². The molecule has 0 N–H and O–H groups in total. The van der Waals surface area contributed by atoms with Gasteiger partial charge >= 0.3 is 5.97 Å². The van der Waals surface area contributed by atoms with Crippen molar-refractivity contribution < 1.29 is 23.0 Å². The summed E-state index contributed by atoms with van der Waals surface area (Å²) in [6.45, 7) is 1.77. The Balaban J connectivity index is 3.11. The molecular formula is C10H11F2NO3. The zero-order valence-corrected chi connectivity index (χ0v) is 8.87. The van der Waals surface area contributed by atoms with Gasteiger partial charge in [-0.3, -0.25) is 0 Å². The summed E-state index contributed by atoms with van der Waals surface area (Å²) in [7, 11) is 1.30. The molecule has 6 heteroatoms. The number of carbonyl (C=O) groups excluding carboxylic acids is 1. The molecule has 0 fully saturated rings. The topological polar surface area (TPSA) is 48.4 Å². The van der Waals surface area contributed by atoms with E-state index in [0.717, 1.165) is 12.3 Å². The number of carbonyl (C=O) groups is 1. The maximum Gasteiger partial charge on any atom is 0.343 e. The zero-order chi connectivity index (χ0) is 12.1. The lowest BCUT2D eigenvalue weighted by Gasteiger charge is -2.08. The minimum Gasteiger partial charge on any atom is -0.480 e. The van der Waals surface area contributed by atoms with E-state index in [1.807, 2.05) is 0 Å². The maximum atomic E-state index is 12.4. The Morgan fingerprint density at radius 3 is 2.75 bits per heavy atom. The monoisotopic (exact) mass is 231 g/mol. The van der Waals surface area contributed by atoms with Crippen molar-refractivity contribution in [2.45, 2.75) is 13.3 Å². The molecule has 88 valence electrons. The van der Waals surface area contributed by atoms with Crippen LogP contribution in [-0.2, 0) is 4.74 Å². The molecule has 0 bridgehead atoms. The highest BCUT2D eigenvalue weighted by Crippen LogP contribution is 2.24. The smallest absolute Gasteiger partial charge is 0.343 e. The van der Waals surface area contributed by atoms with Crippen molar-refractivity contribution in [3.05, 3.63) is 23.4 Å². The van der Waals surface area contributed by atoms with Crippen molar-refractivity contribution in [3.63, 3.8) is 0 Å². The normalized spacial score (nSPS) is 10.3. The minimum atomic E-state index is -2.69. The van der Waals surface area contributed by atoms with Crippen LogP contribution >= 0.6 is 0 Å². The third kappa shape index (κ3) is 2.65. The first-order valence-electron chi connectivity index (χ1n) is 4.59. The lowest BCUT2D eigenvalue weighted by atomic mass is 10.2. The van der Waals surface area contributed by atoms with Crippen LogP contribution in [0.15, 0.2) is 12.3 Å². The molecule has 0 radical (unpaired) electrons. The molecule has 4 nitrogen and oxygen atoms in total. The number of esters is 1. The summed E-state index contributed by atoms with van der Waals surface area (Å²) in [5.41, 5.74) is -0.439. The summed E-state index contributed by atoms with van der Waals surface area (Å²) in [4.78, 5) is 15.0. The van der Waals surface area contributed by atoms with Crippen molar-refractivity contribution >= 4 is 5.97 Å². The maximum absolute atomic E-state index is 12.4. The van der Waals surface area contributed by atoms with Gasteiger partial charge in [0.2, 0.25) is 5.88 Å². The molecule has 1 aromatic rings. The SMILES string of the molecule is CCOC(=O)c1cc(C(F)F)cnc1OC. The third-order valence-corrected chi connectivity index (χ3v) is 1.81. The lowest BCUT2D eigenvalue weighted by molar-refractivity contribution is 0.0521. The quantitative estimate of drug-likeness (QED) is 0.745. The number of rotatable bonds is 4. The zero-order valence-electron chi connectivity index (χ0n) is 8.87. The Morgan fingerprint density at radius 1 is 1.56 bits per heavy atom. The molecule has 0 amide bonds. The van der Waals surface area contributed by atoms with Gasteiger partial charge in [-0.1, -0.05) is 0 Å². The van der Waals surface area contributed by atoms with Gasteiger partial charge in [0.05, 0.1) is 13.7 Å². The number of hydrogen-bond acceptors (Lipinski definition) is 4. The fourth-order valence-corrected chi connectivity index (χ4v) is 1.11. The molecule has 0 aromatic carbocycles. The van der Waals surface area contributed by atoms with E-state index in [0.29, 0.717) is 0 Å². The van der Waals surface area contributed by atoms with Gasteiger partial charge in [0.15, 0.2) is 0 Å². The summed E-state index contributed by atoms with van der Waals surface area (Å²) >= 11 is 0. The standard InChI is InChI=1S/C10H11F2NO3/c1-3-16-10(14)7-4-6(8(11)12)5-13-9(7)15-2/h4-5,8H,3H2,1-2H3. The molecule has 1 heterocycles. The summed E-state index contributed by atoms with van der Waals surface area (Å²) in [6.07, 6.45) is -1.72. The highest BCUT2D eigenvalue weighted by molar-refractivity contribution is 5.92. The number of pyridine rings is 1. The van der Waals surface area contributed by atoms with Crippen LogP contribution in [0.3, 0.4) is 0 Å². The molecule has 0 unspecified atom stereocenters. The summed E-state index contributed by atoms with van der Waals surface area (Å²) in [5, 5.41) is 0. The molecule has 0 aliphatic heterocycles. The molecule has 0 aliphatic rings. The van der Waals surface area contributed by atoms with Crippen LogP contribution < -0.4 is 4.74 Å². The summed E-state index contributed by atoms with van der Waals surface area (Å²) < 4.78 is 34.3. The van der Waals surface area contributed by atoms with E-state index >= 15 is 0 Å². The van der Waals surface area contributed by atoms with E-state index in [2.05, 4.69) is 4.98 Å². The number of methoxy groups -OCH3 is 1. The first kappa shape index (κ1) is 12.4. The van der Waals surface area contributed by atoms with Gasteiger partial charge in [0, 0.05) is 11.8 Å². The second-order valence-electron chi connectivity index (χ2n) is 2.85. The van der Waals surface area contributed by atoms with E-state index < -0.39 is 12.4 Å². The van der Waals surface area contributed by atoms with Crippen LogP contribution in [0.4, 0.5) is 8.78 Å². The van der Waals surface area contributed by atoms with Crippen LogP contribution in [0, 0.1) is 0 Å². The van der Waals surface area contributed by atoms with Crippen molar-refractivity contribution in [2.75, 3.05) is 13.7 Å². The predicted octanol–water partition coefficient (Wildman–Crippen LogP) is 2.20. The number of alkyl halides is 2. The van der Waals surface area contributed by atoms with Gasteiger partial charge < -0.3 is 9.47 Å². The van der Waals surface area contributed by atoms with Crippen molar-refractivity contribution in [2.24, 2.45) is 0 Å². The Labute approximate surface area is 91.2 Å². The van der Waals surface area contributed by atoms with Crippen molar-refractivity contribution in [1.82, 2.24) is 4.98 Å². The van der Waals surface area contributed by atoms with Crippen molar-refractivity contribution in [1.29, 1.82) is 0 Å². The molecule has 0 atom stereocenters. The van der Waals surface area contributed by atoms with Gasteiger partial charge in [-0.15, -0.1) is 0 Å². The van der Waals surface area contributed by atoms with Crippen LogP contribution in [-0.4, -0.2) is 24.7 Å². The summed E-state index contributed by atoms with van der Waals surface area (Å²) in [5.74, 6) is -0.753. The lowest BCUT2D eigenvalue weighted by Crippen LogP contribution is -2.08. The molecule has 0 aliphatic carbocycles. The van der Waals surface area contributed by atoms with Crippen LogP contribution in [0.5, 0.6) is 5.88 Å². The van der Waals surface area contributed by atoms with Crippen LogP contribution in [0.25, 0.3) is 0 Å². The first-order valence-corrected chi connectivity index (χ1v) is 4.59. The van der Waals surface area contributed by atoms with Gasteiger partial charge in [0.1, 0.15) is 5.56 Å².